The van der Waals surface area contributed by atoms with E-state index in [2.05, 4.69) is 50.2 Å². The Balaban J connectivity index is 2.39. The molecule has 2 rings (SSSR count). The lowest BCUT2D eigenvalue weighted by atomic mass is 9.80. The van der Waals surface area contributed by atoms with Crippen LogP contribution in [0.1, 0.15) is 55.9 Å². The quantitative estimate of drug-likeness (QED) is 0.598. The molecule has 0 unspecified atom stereocenters. The molecule has 0 N–H and O–H groups in total. The maximum Gasteiger partial charge on any atom is 0.141 e. The van der Waals surface area contributed by atoms with Crippen molar-refractivity contribution in [3.63, 3.8) is 0 Å². The third-order valence-corrected chi connectivity index (χ3v) is 4.89. The fraction of sp³-hybridized carbons (Fsp3) is 0.333. The van der Waals surface area contributed by atoms with Crippen LogP contribution in [-0.2, 0) is 22.4 Å². The van der Waals surface area contributed by atoms with Crippen LogP contribution in [-0.4, -0.2) is 11.6 Å². The predicted octanol–water partition coefficient (Wildman–Crippen LogP) is 5.40. The third kappa shape index (κ3) is 5.01. The van der Waals surface area contributed by atoms with E-state index in [0.717, 1.165) is 24.0 Å². The fourth-order valence-corrected chi connectivity index (χ4v) is 3.26. The highest BCUT2D eigenvalue weighted by molar-refractivity contribution is 6.01. The molecular formula is C24H28O2. The molecule has 0 aliphatic heterocycles. The molecule has 2 aromatic carbocycles. The van der Waals surface area contributed by atoms with Crippen LogP contribution in [0.3, 0.4) is 0 Å². The van der Waals surface area contributed by atoms with E-state index in [4.69, 9.17) is 0 Å². The summed E-state index contributed by atoms with van der Waals surface area (Å²) in [4.78, 5) is 24.3. The minimum absolute atomic E-state index is 0.0898. The van der Waals surface area contributed by atoms with Crippen molar-refractivity contribution in [2.45, 2.75) is 46.5 Å². The lowest BCUT2D eigenvalue weighted by Crippen LogP contribution is -2.26. The Morgan fingerprint density at radius 1 is 0.808 bits per heavy atom. The molecular weight excluding hydrogens is 320 g/mol. The molecule has 0 saturated heterocycles. The minimum Gasteiger partial charge on any atom is -0.299 e. The standard InChI is InChI=1S/C24H28O2/c1-5-19-7-9-21(10-8-19)13-16-23(24(17(3)25)18(4)26)22-14-11-20(6-2)12-15-22/h7-16,23-24H,5-6H2,1-4H3/b16-13+/t23-/m1/s1. The van der Waals surface area contributed by atoms with Crippen molar-refractivity contribution in [1.82, 2.24) is 0 Å². The van der Waals surface area contributed by atoms with E-state index in [-0.39, 0.29) is 17.5 Å². The van der Waals surface area contributed by atoms with E-state index < -0.39 is 5.92 Å². The summed E-state index contributed by atoms with van der Waals surface area (Å²) in [5.74, 6) is -1.07. The Labute approximate surface area is 157 Å². The number of hydrogen-bond acceptors (Lipinski definition) is 2. The van der Waals surface area contributed by atoms with Gasteiger partial charge in [-0.1, -0.05) is 74.5 Å². The van der Waals surface area contributed by atoms with Gasteiger partial charge in [-0.3, -0.25) is 9.59 Å². The van der Waals surface area contributed by atoms with Gasteiger partial charge in [0.15, 0.2) is 0 Å². The number of allylic oxidation sites excluding steroid dienone is 1. The first kappa shape index (κ1) is 19.8. The molecule has 0 aliphatic carbocycles. The molecule has 0 radical (unpaired) electrons. The fourth-order valence-electron chi connectivity index (χ4n) is 3.26. The van der Waals surface area contributed by atoms with Crippen LogP contribution in [0, 0.1) is 5.92 Å². The zero-order chi connectivity index (χ0) is 19.1. The van der Waals surface area contributed by atoms with Gasteiger partial charge in [-0.25, -0.2) is 0 Å². The average molecular weight is 348 g/mol. The first-order chi connectivity index (χ1) is 12.5. The molecule has 2 heteroatoms. The van der Waals surface area contributed by atoms with Gasteiger partial charge in [-0.2, -0.15) is 0 Å². The van der Waals surface area contributed by atoms with Gasteiger partial charge in [-0.05, 0) is 48.9 Å². The van der Waals surface area contributed by atoms with Crippen molar-refractivity contribution in [3.05, 3.63) is 76.9 Å². The summed E-state index contributed by atoms with van der Waals surface area (Å²) in [7, 11) is 0. The number of hydrogen-bond donors (Lipinski definition) is 0. The summed E-state index contributed by atoms with van der Waals surface area (Å²) in [6.07, 6.45) is 5.98. The highest BCUT2D eigenvalue weighted by Gasteiger charge is 2.29. The third-order valence-electron chi connectivity index (χ3n) is 4.89. The zero-order valence-corrected chi connectivity index (χ0v) is 16.2. The Morgan fingerprint density at radius 2 is 1.27 bits per heavy atom. The second-order valence-corrected chi connectivity index (χ2v) is 6.77. The van der Waals surface area contributed by atoms with Crippen LogP contribution in [0.25, 0.3) is 6.08 Å². The number of benzene rings is 2. The zero-order valence-electron chi connectivity index (χ0n) is 16.2. The van der Waals surface area contributed by atoms with Crippen LogP contribution >= 0.6 is 0 Å². The second kappa shape index (κ2) is 9.28. The maximum atomic E-state index is 12.2. The van der Waals surface area contributed by atoms with Crippen LogP contribution in [0.5, 0.6) is 0 Å². The summed E-state index contributed by atoms with van der Waals surface area (Å²) in [6.45, 7) is 7.25. The van der Waals surface area contributed by atoms with Gasteiger partial charge >= 0.3 is 0 Å². The molecule has 0 aromatic heterocycles. The van der Waals surface area contributed by atoms with E-state index in [1.54, 1.807) is 0 Å². The molecule has 26 heavy (non-hydrogen) atoms. The Morgan fingerprint density at radius 3 is 1.69 bits per heavy atom. The number of carbonyl (C=O) groups is 2. The van der Waals surface area contributed by atoms with Crippen molar-refractivity contribution < 1.29 is 9.59 Å². The Bertz CT molecular complexity index is 753. The van der Waals surface area contributed by atoms with Crippen molar-refractivity contribution in [3.8, 4) is 0 Å². The van der Waals surface area contributed by atoms with Crippen molar-refractivity contribution in [1.29, 1.82) is 0 Å². The van der Waals surface area contributed by atoms with Gasteiger partial charge in [0.1, 0.15) is 11.6 Å². The molecule has 0 fully saturated rings. The summed E-state index contributed by atoms with van der Waals surface area (Å²) in [5, 5.41) is 0. The van der Waals surface area contributed by atoms with Crippen LogP contribution < -0.4 is 0 Å². The molecule has 0 aliphatic rings. The van der Waals surface area contributed by atoms with Gasteiger partial charge in [0.05, 0.1) is 5.92 Å². The summed E-state index contributed by atoms with van der Waals surface area (Å²) in [6, 6.07) is 16.6. The molecule has 136 valence electrons. The molecule has 0 saturated carbocycles. The number of aryl methyl sites for hydroxylation is 2. The smallest absolute Gasteiger partial charge is 0.141 e. The minimum atomic E-state index is -0.645. The molecule has 2 aromatic rings. The topological polar surface area (TPSA) is 34.1 Å². The molecule has 0 heterocycles. The normalized spacial score (nSPS) is 12.5. The van der Waals surface area contributed by atoms with Gasteiger partial charge in [0.2, 0.25) is 0 Å². The average Bonchev–Trinajstić information content (AvgIpc) is 2.64. The second-order valence-electron chi connectivity index (χ2n) is 6.77. The van der Waals surface area contributed by atoms with Crippen molar-refractivity contribution >= 4 is 17.6 Å². The van der Waals surface area contributed by atoms with Crippen molar-refractivity contribution in [2.75, 3.05) is 0 Å². The van der Waals surface area contributed by atoms with Crippen LogP contribution in [0.15, 0.2) is 54.6 Å². The monoisotopic (exact) mass is 348 g/mol. The van der Waals surface area contributed by atoms with E-state index in [1.807, 2.05) is 24.3 Å². The first-order valence-electron chi connectivity index (χ1n) is 9.33. The maximum absolute atomic E-state index is 12.2. The van der Waals surface area contributed by atoms with E-state index in [0.29, 0.717) is 0 Å². The molecule has 0 amide bonds. The highest BCUT2D eigenvalue weighted by Crippen LogP contribution is 2.29. The Kier molecular flexibility index (Phi) is 7.08. The van der Waals surface area contributed by atoms with Gasteiger partial charge in [0, 0.05) is 5.92 Å². The SMILES string of the molecule is CCc1ccc(/C=C/[C@H](c2ccc(CC)cc2)C(C(C)=O)C(C)=O)cc1. The molecule has 1 atom stereocenters. The number of ketones is 2. The summed E-state index contributed by atoms with van der Waals surface area (Å²) >= 11 is 0. The summed E-state index contributed by atoms with van der Waals surface area (Å²) in [5.41, 5.74) is 4.61. The molecule has 2 nitrogen and oxygen atoms in total. The van der Waals surface area contributed by atoms with Crippen LogP contribution in [0.2, 0.25) is 0 Å². The lowest BCUT2D eigenvalue weighted by Gasteiger charge is -2.21. The number of carbonyl (C=O) groups excluding carboxylic acids is 2. The molecule has 0 spiro atoms. The first-order valence-corrected chi connectivity index (χ1v) is 9.33. The van der Waals surface area contributed by atoms with Gasteiger partial charge in [-0.15, -0.1) is 0 Å². The van der Waals surface area contributed by atoms with E-state index in [1.165, 1.54) is 25.0 Å². The predicted molar refractivity (Wildman–Crippen MR) is 108 cm³/mol. The number of rotatable bonds is 8. The Hall–Kier alpha value is -2.48. The largest absolute Gasteiger partial charge is 0.299 e. The van der Waals surface area contributed by atoms with Gasteiger partial charge < -0.3 is 0 Å². The number of Topliss-reactive ketones (excluding diaryl/α,β-unsaturated/α-hetero) is 2. The highest BCUT2D eigenvalue weighted by atomic mass is 16.1. The van der Waals surface area contributed by atoms with E-state index >= 15 is 0 Å². The molecule has 0 bridgehead atoms. The van der Waals surface area contributed by atoms with Gasteiger partial charge in [0.25, 0.3) is 0 Å². The van der Waals surface area contributed by atoms with Crippen LogP contribution in [0.4, 0.5) is 0 Å². The van der Waals surface area contributed by atoms with E-state index in [9.17, 15) is 9.59 Å². The summed E-state index contributed by atoms with van der Waals surface area (Å²) < 4.78 is 0. The lowest BCUT2D eigenvalue weighted by molar-refractivity contribution is -0.130. The van der Waals surface area contributed by atoms with Crippen molar-refractivity contribution in [2.24, 2.45) is 5.92 Å².